The van der Waals surface area contributed by atoms with E-state index in [4.69, 9.17) is 5.73 Å². The topological polar surface area (TPSA) is 87.7 Å². The van der Waals surface area contributed by atoms with Crippen LogP contribution in [-0.4, -0.2) is 48.1 Å². The second-order valence-corrected chi connectivity index (χ2v) is 4.47. The molecule has 0 atom stereocenters. The Labute approximate surface area is 105 Å². The maximum Gasteiger partial charge on any atom is 0.273 e. The number of likely N-dealkylation sites (N-methyl/N-ethyl adjacent to an activating group) is 1. The number of hydrogen-bond acceptors (Lipinski definition) is 6. The van der Waals surface area contributed by atoms with Crippen LogP contribution < -0.4 is 11.2 Å². The zero-order valence-corrected chi connectivity index (χ0v) is 10.3. The van der Waals surface area contributed by atoms with Crippen molar-refractivity contribution < 1.29 is 4.92 Å². The van der Waals surface area contributed by atoms with Crippen LogP contribution in [0.1, 0.15) is 0 Å². The van der Waals surface area contributed by atoms with E-state index in [2.05, 4.69) is 17.4 Å². The first kappa shape index (κ1) is 12.6. The van der Waals surface area contributed by atoms with E-state index in [9.17, 15) is 10.1 Å². The lowest BCUT2D eigenvalue weighted by atomic mass is 10.2. The van der Waals surface area contributed by atoms with Crippen molar-refractivity contribution in [3.8, 4) is 0 Å². The molecular formula is C11H17N5O2. The minimum atomic E-state index is -0.439. The number of non-ortho nitro benzene ring substituents is 1. The Morgan fingerprint density at radius 2 is 1.94 bits per heavy atom. The number of nitro benzene ring substituents is 1. The molecule has 1 heterocycles. The van der Waals surface area contributed by atoms with E-state index in [1.807, 2.05) is 5.01 Å². The lowest BCUT2D eigenvalue weighted by molar-refractivity contribution is -0.384. The lowest BCUT2D eigenvalue weighted by Gasteiger charge is -2.33. The summed E-state index contributed by atoms with van der Waals surface area (Å²) in [5, 5.41) is 12.8. The maximum atomic E-state index is 10.7. The number of nitrogens with two attached hydrogens (primary N) is 1. The molecule has 1 saturated heterocycles. The van der Waals surface area contributed by atoms with E-state index < -0.39 is 4.92 Å². The Kier molecular flexibility index (Phi) is 3.63. The molecule has 0 spiro atoms. The molecule has 1 aromatic rings. The maximum absolute atomic E-state index is 10.7. The van der Waals surface area contributed by atoms with Crippen molar-refractivity contribution in [3.63, 3.8) is 0 Å². The van der Waals surface area contributed by atoms with E-state index in [0.29, 0.717) is 11.4 Å². The van der Waals surface area contributed by atoms with Crippen molar-refractivity contribution in [3.05, 3.63) is 28.3 Å². The number of hydrogen-bond donors (Lipinski definition) is 2. The SMILES string of the molecule is CN1CCN(Nc2cc(N)cc([N+](=O)[O-])c2)CC1. The highest BCUT2D eigenvalue weighted by molar-refractivity contribution is 5.61. The van der Waals surface area contributed by atoms with Crippen LogP contribution in [0.3, 0.4) is 0 Å². The molecule has 0 aromatic heterocycles. The molecule has 0 bridgehead atoms. The van der Waals surface area contributed by atoms with Gasteiger partial charge in [0.15, 0.2) is 0 Å². The first-order valence-corrected chi connectivity index (χ1v) is 5.80. The van der Waals surface area contributed by atoms with Gasteiger partial charge in [0.1, 0.15) is 0 Å². The Hall–Kier alpha value is -1.86. The molecular weight excluding hydrogens is 234 g/mol. The van der Waals surface area contributed by atoms with Crippen molar-refractivity contribution in [2.24, 2.45) is 0 Å². The van der Waals surface area contributed by atoms with Crippen molar-refractivity contribution >= 4 is 17.1 Å². The van der Waals surface area contributed by atoms with Crippen molar-refractivity contribution in [2.45, 2.75) is 0 Å². The summed E-state index contributed by atoms with van der Waals surface area (Å²) in [6, 6.07) is 4.55. The van der Waals surface area contributed by atoms with Gasteiger partial charge in [-0.1, -0.05) is 0 Å². The summed E-state index contributed by atoms with van der Waals surface area (Å²) in [5.74, 6) is 0. The number of rotatable bonds is 3. The summed E-state index contributed by atoms with van der Waals surface area (Å²) in [7, 11) is 2.07. The molecule has 1 aromatic carbocycles. The predicted octanol–water partition coefficient (Wildman–Crippen LogP) is 0.751. The number of benzene rings is 1. The molecule has 7 nitrogen and oxygen atoms in total. The predicted molar refractivity (Wildman–Crippen MR) is 70.2 cm³/mol. The van der Waals surface area contributed by atoms with Crippen LogP contribution in [0.15, 0.2) is 18.2 Å². The third-order valence-corrected chi connectivity index (χ3v) is 2.94. The summed E-state index contributed by atoms with van der Waals surface area (Å²) in [6.45, 7) is 3.69. The highest BCUT2D eigenvalue weighted by atomic mass is 16.6. The zero-order valence-electron chi connectivity index (χ0n) is 10.3. The molecule has 0 saturated carbocycles. The third kappa shape index (κ3) is 3.08. The first-order valence-electron chi connectivity index (χ1n) is 5.80. The Bertz CT molecular complexity index is 443. The number of anilines is 2. The summed E-state index contributed by atoms with van der Waals surface area (Å²) < 4.78 is 0. The molecule has 0 aliphatic carbocycles. The van der Waals surface area contributed by atoms with Crippen molar-refractivity contribution in [1.29, 1.82) is 0 Å². The first-order chi connectivity index (χ1) is 8.54. The number of nitrogens with zero attached hydrogens (tertiary/aromatic N) is 3. The average molecular weight is 251 g/mol. The molecule has 0 radical (unpaired) electrons. The molecule has 0 unspecified atom stereocenters. The van der Waals surface area contributed by atoms with Gasteiger partial charge < -0.3 is 16.1 Å². The number of nitro groups is 1. The van der Waals surface area contributed by atoms with Gasteiger partial charge in [-0.15, -0.1) is 0 Å². The summed E-state index contributed by atoms with van der Waals surface area (Å²) in [5.41, 5.74) is 9.87. The van der Waals surface area contributed by atoms with Crippen LogP contribution in [-0.2, 0) is 0 Å². The van der Waals surface area contributed by atoms with Crippen LogP contribution in [0.4, 0.5) is 17.1 Å². The summed E-state index contributed by atoms with van der Waals surface area (Å²) >= 11 is 0. The van der Waals surface area contributed by atoms with E-state index >= 15 is 0 Å². The van der Waals surface area contributed by atoms with Crippen LogP contribution in [0.2, 0.25) is 0 Å². The van der Waals surface area contributed by atoms with Crippen LogP contribution in [0, 0.1) is 10.1 Å². The number of piperazine rings is 1. The minimum Gasteiger partial charge on any atom is -0.398 e. The van der Waals surface area contributed by atoms with Gasteiger partial charge in [-0.25, -0.2) is 5.01 Å². The largest absolute Gasteiger partial charge is 0.398 e. The molecule has 0 amide bonds. The minimum absolute atomic E-state index is 0.00614. The molecule has 1 aliphatic heterocycles. The van der Waals surface area contributed by atoms with Gasteiger partial charge in [0, 0.05) is 44.0 Å². The standard InChI is InChI=1S/C11H17N5O2/c1-14-2-4-15(5-3-14)13-10-6-9(12)7-11(8-10)16(17)18/h6-8,13H,2-5,12H2,1H3. The van der Waals surface area contributed by atoms with Crippen LogP contribution in [0.5, 0.6) is 0 Å². The highest BCUT2D eigenvalue weighted by Crippen LogP contribution is 2.22. The number of nitrogens with one attached hydrogen (secondary N) is 1. The molecule has 18 heavy (non-hydrogen) atoms. The number of hydrazine groups is 1. The monoisotopic (exact) mass is 251 g/mol. The highest BCUT2D eigenvalue weighted by Gasteiger charge is 2.15. The second kappa shape index (κ2) is 5.19. The Morgan fingerprint density at radius 3 is 2.56 bits per heavy atom. The molecule has 3 N–H and O–H groups in total. The normalized spacial score (nSPS) is 17.6. The number of nitrogen functional groups attached to an aromatic ring is 1. The van der Waals surface area contributed by atoms with Crippen LogP contribution >= 0.6 is 0 Å². The molecule has 98 valence electrons. The van der Waals surface area contributed by atoms with Crippen molar-refractivity contribution in [2.75, 3.05) is 44.4 Å². The second-order valence-electron chi connectivity index (χ2n) is 4.47. The quantitative estimate of drug-likeness (QED) is 0.468. The van der Waals surface area contributed by atoms with E-state index in [-0.39, 0.29) is 5.69 Å². The lowest BCUT2D eigenvalue weighted by Crippen LogP contribution is -2.46. The summed E-state index contributed by atoms with van der Waals surface area (Å²) in [4.78, 5) is 12.5. The third-order valence-electron chi connectivity index (χ3n) is 2.94. The van der Waals surface area contributed by atoms with Gasteiger partial charge in [-0.3, -0.25) is 10.1 Å². The Morgan fingerprint density at radius 1 is 1.28 bits per heavy atom. The molecule has 2 rings (SSSR count). The van der Waals surface area contributed by atoms with Gasteiger partial charge in [0.05, 0.1) is 10.6 Å². The zero-order chi connectivity index (χ0) is 13.1. The van der Waals surface area contributed by atoms with E-state index in [1.165, 1.54) is 12.1 Å². The summed E-state index contributed by atoms with van der Waals surface area (Å²) in [6.07, 6.45) is 0. The van der Waals surface area contributed by atoms with Gasteiger partial charge in [0.25, 0.3) is 5.69 Å². The average Bonchev–Trinajstić information content (AvgIpc) is 2.31. The van der Waals surface area contributed by atoms with Gasteiger partial charge >= 0.3 is 0 Å². The fourth-order valence-electron chi connectivity index (χ4n) is 1.91. The van der Waals surface area contributed by atoms with Crippen molar-refractivity contribution in [1.82, 2.24) is 9.91 Å². The van der Waals surface area contributed by atoms with Crippen LogP contribution in [0.25, 0.3) is 0 Å². The van der Waals surface area contributed by atoms with Gasteiger partial charge in [0.2, 0.25) is 0 Å². The molecule has 1 aliphatic rings. The smallest absolute Gasteiger partial charge is 0.273 e. The fourth-order valence-corrected chi connectivity index (χ4v) is 1.91. The Balaban J connectivity index is 2.07. The van der Waals surface area contributed by atoms with Gasteiger partial charge in [-0.05, 0) is 13.1 Å². The van der Waals surface area contributed by atoms with E-state index in [0.717, 1.165) is 26.2 Å². The van der Waals surface area contributed by atoms with Gasteiger partial charge in [-0.2, -0.15) is 0 Å². The molecule has 1 fully saturated rings. The van der Waals surface area contributed by atoms with E-state index in [1.54, 1.807) is 6.07 Å². The molecule has 7 heteroatoms. The fraction of sp³-hybridized carbons (Fsp3) is 0.455.